The van der Waals surface area contributed by atoms with Crippen molar-refractivity contribution < 1.29 is 61.5 Å². The molecule has 0 fully saturated rings. The van der Waals surface area contributed by atoms with Crippen LogP contribution in [-0.2, 0) is 41.5 Å². The number of sulfonamides is 2. The third-order valence-electron chi connectivity index (χ3n) is 8.11. The van der Waals surface area contributed by atoms with E-state index in [0.717, 1.165) is 36.4 Å². The highest BCUT2D eigenvalue weighted by Crippen LogP contribution is 2.29. The summed E-state index contributed by atoms with van der Waals surface area (Å²) in [6, 6.07) is 17.2. The lowest BCUT2D eigenvalue weighted by atomic mass is 10.1. The molecular formula is C38H33BrCl2F8N6O6S2. The molecule has 5 N–H and O–H groups in total. The number of alkyl halides is 7. The van der Waals surface area contributed by atoms with Gasteiger partial charge >= 0.3 is 12.4 Å². The molecule has 12 nitrogen and oxygen atoms in total. The Hall–Kier alpha value is -4.88. The number of nitrogens with two attached hydrogens (primary N) is 2. The van der Waals surface area contributed by atoms with Crippen LogP contribution in [0, 0.1) is 34.3 Å². The smallest absolute Gasteiger partial charge is 0.368 e. The van der Waals surface area contributed by atoms with Gasteiger partial charge in [0.25, 0.3) is 0 Å². The van der Waals surface area contributed by atoms with E-state index in [4.69, 9.17) is 45.2 Å². The maximum atomic E-state index is 14.4. The van der Waals surface area contributed by atoms with Crippen LogP contribution in [0.15, 0.2) is 94.7 Å². The highest BCUT2D eigenvalue weighted by atomic mass is 79.9. The van der Waals surface area contributed by atoms with Crippen molar-refractivity contribution >= 4 is 71.0 Å². The molecule has 0 bridgehead atoms. The van der Waals surface area contributed by atoms with Gasteiger partial charge in [-0.05, 0) is 91.2 Å². The van der Waals surface area contributed by atoms with Crippen molar-refractivity contribution in [2.45, 2.75) is 71.8 Å². The second-order valence-corrected chi connectivity index (χ2v) is 17.8. The number of nitrogens with zero attached hydrogens (tertiary/aromatic N) is 3. The summed E-state index contributed by atoms with van der Waals surface area (Å²) in [7, 11) is -8.75. The van der Waals surface area contributed by atoms with Crippen LogP contribution in [0.4, 0.5) is 35.1 Å². The van der Waals surface area contributed by atoms with E-state index in [2.05, 4.69) is 15.9 Å². The maximum Gasteiger partial charge on any atom is 0.389 e. The number of nitrogens with one attached hydrogen (secondary N) is 1. The third-order valence-corrected chi connectivity index (χ3v) is 12.6. The van der Waals surface area contributed by atoms with Crippen LogP contribution in [0.3, 0.4) is 0 Å². The molecule has 340 valence electrons. The van der Waals surface area contributed by atoms with Gasteiger partial charge in [-0.25, -0.2) is 25.6 Å². The number of primary amides is 2. The molecule has 4 aromatic rings. The van der Waals surface area contributed by atoms with Crippen LogP contribution in [0.1, 0.15) is 47.9 Å². The summed E-state index contributed by atoms with van der Waals surface area (Å²) in [4.78, 5) is 22.4. The van der Waals surface area contributed by atoms with E-state index in [0.29, 0.717) is 20.8 Å². The van der Waals surface area contributed by atoms with Crippen molar-refractivity contribution in [1.82, 2.24) is 9.03 Å². The summed E-state index contributed by atoms with van der Waals surface area (Å²) in [5, 5.41) is 18.2. The number of rotatable bonds is 15. The summed E-state index contributed by atoms with van der Waals surface area (Å²) >= 11 is 14.5. The highest BCUT2D eigenvalue weighted by molar-refractivity contribution is 9.08. The molecule has 0 aliphatic rings. The van der Waals surface area contributed by atoms with Gasteiger partial charge in [-0.3, -0.25) is 9.59 Å². The number of hydrogen-bond donors (Lipinski definition) is 3. The molecule has 25 heteroatoms. The number of halogens is 11. The average molecular weight is 1040 g/mol. The average Bonchev–Trinajstić information content (AvgIpc) is 3.19. The Balaban J connectivity index is 0.000000365. The van der Waals surface area contributed by atoms with Gasteiger partial charge in [0.05, 0.1) is 33.1 Å². The molecule has 0 saturated carbocycles. The molecule has 0 heterocycles. The fourth-order valence-electron chi connectivity index (χ4n) is 4.91. The summed E-state index contributed by atoms with van der Waals surface area (Å²) in [6.45, 7) is -0.784. The SMILES string of the molecule is N#Cc1ccc(CBr)c(F)c1.N#Cc1ccc(CN([C@H](CCC(F)(F)F)C(N)=O)S(=O)(=O)c2ccc(Cl)cc2)c(F)c1.NC(=O)[C@@H](CCC(F)(F)F)NS(=O)(=O)c1ccc(Cl)cc1. The van der Waals surface area contributed by atoms with Crippen molar-refractivity contribution in [3.63, 3.8) is 0 Å². The number of benzene rings is 4. The first-order chi connectivity index (χ1) is 29.1. The van der Waals surface area contributed by atoms with Crippen molar-refractivity contribution in [1.29, 1.82) is 10.5 Å². The standard InChI is InChI=1S/C19H16ClF4N3O3S.C11H12ClF3N2O3S.C8H5BrFN/c20-14-3-5-15(6-4-14)31(29,30)27(17(18(26)28)7-8-19(22,23)24)11-13-2-1-12(10-25)9-16(13)21;12-7-1-3-8(4-2-7)21(19,20)17-9(10(16)18)5-6-11(13,14)15;9-4-7-2-1-6(5-11)3-8(7)10/h1-6,9,17H,7-8,11H2,(H2,26,28);1-4,9,17H,5-6H2,(H2,16,18);1-3H,4H2/t17-;9-;/m11./s1. The Bertz CT molecular complexity index is 2530. The first-order valence-corrected chi connectivity index (χ1v) is 22.1. The molecule has 0 saturated heterocycles. The van der Waals surface area contributed by atoms with Crippen LogP contribution >= 0.6 is 39.1 Å². The second kappa shape index (κ2) is 23.7. The Morgan fingerprint density at radius 2 is 1.13 bits per heavy atom. The summed E-state index contributed by atoms with van der Waals surface area (Å²) < 4.78 is 154. The van der Waals surface area contributed by atoms with Crippen LogP contribution in [0.2, 0.25) is 10.0 Å². The minimum absolute atomic E-state index is 0.0446. The molecule has 0 radical (unpaired) electrons. The molecular weight excluding hydrogens is 1000 g/mol. The largest absolute Gasteiger partial charge is 0.389 e. The molecule has 0 unspecified atom stereocenters. The Labute approximate surface area is 374 Å². The van der Waals surface area contributed by atoms with E-state index >= 15 is 0 Å². The molecule has 4 aromatic carbocycles. The fraction of sp³-hybridized carbons (Fsp3) is 0.263. The van der Waals surface area contributed by atoms with E-state index in [9.17, 15) is 61.5 Å². The molecule has 2 atom stereocenters. The molecule has 0 aliphatic carbocycles. The summed E-state index contributed by atoms with van der Waals surface area (Å²) in [5.41, 5.74) is 10.8. The first kappa shape index (κ1) is 54.3. The summed E-state index contributed by atoms with van der Waals surface area (Å²) in [5.74, 6) is -3.80. The Morgan fingerprint density at radius 3 is 1.51 bits per heavy atom. The summed E-state index contributed by atoms with van der Waals surface area (Å²) in [6.07, 6.45) is -13.7. The molecule has 0 aromatic heterocycles. The highest BCUT2D eigenvalue weighted by Gasteiger charge is 2.39. The number of nitriles is 2. The van der Waals surface area contributed by atoms with E-state index in [1.54, 1.807) is 18.2 Å². The lowest BCUT2D eigenvalue weighted by molar-refractivity contribution is -0.141. The number of hydrogen-bond acceptors (Lipinski definition) is 8. The normalized spacial score (nSPS) is 12.7. The van der Waals surface area contributed by atoms with E-state index in [1.165, 1.54) is 36.4 Å². The predicted molar refractivity (Wildman–Crippen MR) is 217 cm³/mol. The maximum absolute atomic E-state index is 14.4. The van der Waals surface area contributed by atoms with Crippen LogP contribution < -0.4 is 16.2 Å². The molecule has 4 rings (SSSR count). The predicted octanol–water partition coefficient (Wildman–Crippen LogP) is 8.15. The monoisotopic (exact) mass is 1030 g/mol. The van der Waals surface area contributed by atoms with Gasteiger partial charge in [-0.1, -0.05) is 51.3 Å². The van der Waals surface area contributed by atoms with E-state index < -0.39 is 94.3 Å². The first-order valence-electron chi connectivity index (χ1n) is 17.3. The topological polar surface area (TPSA) is 217 Å². The molecule has 2 amide bonds. The van der Waals surface area contributed by atoms with Crippen LogP contribution in [0.25, 0.3) is 0 Å². The lowest BCUT2D eigenvalue weighted by Crippen LogP contribution is -2.48. The van der Waals surface area contributed by atoms with Gasteiger partial charge in [-0.2, -0.15) is 45.9 Å². The minimum Gasteiger partial charge on any atom is -0.368 e. The van der Waals surface area contributed by atoms with Gasteiger partial charge in [0, 0.05) is 40.3 Å². The Morgan fingerprint density at radius 1 is 0.698 bits per heavy atom. The second-order valence-electron chi connectivity index (χ2n) is 12.7. The Kier molecular flexibility index (Phi) is 20.4. The van der Waals surface area contributed by atoms with Crippen molar-refractivity contribution in [2.24, 2.45) is 11.5 Å². The number of amides is 2. The zero-order valence-corrected chi connectivity index (χ0v) is 36.6. The molecule has 0 spiro atoms. The van der Waals surface area contributed by atoms with Gasteiger partial charge in [0.1, 0.15) is 23.7 Å². The van der Waals surface area contributed by atoms with Crippen molar-refractivity contribution in [3.8, 4) is 12.1 Å². The van der Waals surface area contributed by atoms with Gasteiger partial charge in [-0.15, -0.1) is 0 Å². The zero-order valence-electron chi connectivity index (χ0n) is 31.9. The van der Waals surface area contributed by atoms with Gasteiger partial charge in [0.15, 0.2) is 0 Å². The quantitative estimate of drug-likeness (QED) is 0.0778. The van der Waals surface area contributed by atoms with Crippen LogP contribution in [-0.4, -0.2) is 57.4 Å². The van der Waals surface area contributed by atoms with E-state index in [1.807, 2.05) is 10.8 Å². The van der Waals surface area contributed by atoms with Gasteiger partial charge in [0.2, 0.25) is 31.9 Å². The van der Waals surface area contributed by atoms with E-state index in [-0.39, 0.29) is 36.8 Å². The minimum atomic E-state index is -4.68. The molecule has 0 aliphatic heterocycles. The lowest BCUT2D eigenvalue weighted by Gasteiger charge is -2.29. The zero-order chi connectivity index (χ0) is 47.9. The number of carbonyl (C=O) groups is 2. The van der Waals surface area contributed by atoms with Crippen LogP contribution in [0.5, 0.6) is 0 Å². The fourth-order valence-corrected chi connectivity index (χ4v) is 8.46. The van der Waals surface area contributed by atoms with Gasteiger partial charge < -0.3 is 11.5 Å². The third kappa shape index (κ3) is 18.0. The number of carbonyl (C=O) groups excluding carboxylic acids is 2. The van der Waals surface area contributed by atoms with Crippen molar-refractivity contribution in [3.05, 3.63) is 129 Å². The van der Waals surface area contributed by atoms with Crippen molar-refractivity contribution in [2.75, 3.05) is 0 Å². The molecule has 63 heavy (non-hydrogen) atoms.